The Hall–Kier alpha value is -3.40. The fourth-order valence-electron chi connectivity index (χ4n) is 3.44. The first-order valence-corrected chi connectivity index (χ1v) is 11.0. The Morgan fingerprint density at radius 1 is 1.22 bits per heavy atom. The van der Waals surface area contributed by atoms with Crippen molar-refractivity contribution in [1.29, 1.82) is 0 Å². The molecule has 0 spiro atoms. The smallest absolute Gasteiger partial charge is 0.290 e. The highest BCUT2D eigenvalue weighted by atomic mass is 32.2. The minimum absolute atomic E-state index is 0.0280. The monoisotopic (exact) mass is 454 g/mol. The summed E-state index contributed by atoms with van der Waals surface area (Å²) in [6.45, 7) is 4.73. The second-order valence-corrected chi connectivity index (χ2v) is 8.47. The largest absolute Gasteiger partial charge is 0.474 e. The van der Waals surface area contributed by atoms with E-state index in [4.69, 9.17) is 9.47 Å². The van der Waals surface area contributed by atoms with Crippen molar-refractivity contribution in [3.05, 3.63) is 46.6 Å². The molecule has 2 aliphatic rings. The second kappa shape index (κ2) is 9.39. The Morgan fingerprint density at radius 2 is 1.97 bits per heavy atom. The molecule has 3 heterocycles. The van der Waals surface area contributed by atoms with E-state index in [9.17, 15) is 14.4 Å². The number of carbonyl (C=O) groups excluding carboxylic acids is 3. The lowest BCUT2D eigenvalue weighted by Gasteiger charge is -2.31. The van der Waals surface area contributed by atoms with E-state index >= 15 is 0 Å². The number of thioether (sulfide) groups is 1. The maximum atomic E-state index is 11.8. The second-order valence-electron chi connectivity index (χ2n) is 7.46. The number of rotatable bonds is 5. The summed E-state index contributed by atoms with van der Waals surface area (Å²) in [6.07, 6.45) is 4.47. The number of ether oxygens (including phenoxy) is 2. The number of benzene rings is 1. The van der Waals surface area contributed by atoms with Crippen LogP contribution >= 0.6 is 11.8 Å². The molecule has 1 aromatic heterocycles. The SMILES string of the molecule is CC(=O)N1CCC(Oc2ncnc(Oc3cccc(/C=C4\SC(=O)NC4=O)c3)c2C)CC1. The highest BCUT2D eigenvalue weighted by Gasteiger charge is 2.25. The van der Waals surface area contributed by atoms with Crippen LogP contribution in [-0.2, 0) is 9.59 Å². The summed E-state index contributed by atoms with van der Waals surface area (Å²) < 4.78 is 12.0. The predicted octanol–water partition coefficient (Wildman–Crippen LogP) is 3.29. The molecule has 1 aromatic carbocycles. The van der Waals surface area contributed by atoms with Gasteiger partial charge >= 0.3 is 0 Å². The number of nitrogens with zero attached hydrogens (tertiary/aromatic N) is 3. The maximum Gasteiger partial charge on any atom is 0.290 e. The number of piperidine rings is 1. The maximum absolute atomic E-state index is 11.8. The van der Waals surface area contributed by atoms with Gasteiger partial charge in [0, 0.05) is 32.9 Å². The Labute approximate surface area is 189 Å². The molecule has 0 bridgehead atoms. The number of imide groups is 1. The molecule has 0 saturated carbocycles. The van der Waals surface area contributed by atoms with E-state index in [1.165, 1.54) is 6.33 Å². The van der Waals surface area contributed by atoms with Gasteiger partial charge in [-0.3, -0.25) is 19.7 Å². The first kappa shape index (κ1) is 21.8. The Kier molecular flexibility index (Phi) is 6.40. The molecule has 2 aliphatic heterocycles. The highest BCUT2D eigenvalue weighted by Crippen LogP contribution is 2.31. The number of carbonyl (C=O) groups is 3. The van der Waals surface area contributed by atoms with Gasteiger partial charge in [0.2, 0.25) is 17.7 Å². The van der Waals surface area contributed by atoms with Crippen LogP contribution < -0.4 is 14.8 Å². The third kappa shape index (κ3) is 5.08. The van der Waals surface area contributed by atoms with E-state index in [2.05, 4.69) is 15.3 Å². The van der Waals surface area contributed by atoms with Gasteiger partial charge in [0.05, 0.1) is 10.5 Å². The van der Waals surface area contributed by atoms with E-state index < -0.39 is 5.91 Å². The van der Waals surface area contributed by atoms with Crippen molar-refractivity contribution in [2.24, 2.45) is 0 Å². The number of hydrogen-bond acceptors (Lipinski definition) is 8. The van der Waals surface area contributed by atoms with Gasteiger partial charge in [0.25, 0.3) is 11.1 Å². The van der Waals surface area contributed by atoms with Crippen molar-refractivity contribution < 1.29 is 23.9 Å². The van der Waals surface area contributed by atoms with Crippen molar-refractivity contribution >= 4 is 34.9 Å². The number of amides is 3. The standard InChI is InChI=1S/C22H22N4O5S/c1-13-20(30-16-6-8-26(9-7-16)14(2)27)23-12-24-21(13)31-17-5-3-4-15(10-17)11-18-19(28)25-22(29)32-18/h3-5,10-12,16H,6-9H2,1-2H3,(H,25,28,29)/b18-11-. The summed E-state index contributed by atoms with van der Waals surface area (Å²) >= 11 is 0.863. The molecule has 9 nitrogen and oxygen atoms in total. The van der Waals surface area contributed by atoms with Gasteiger partial charge in [-0.15, -0.1) is 0 Å². The molecule has 2 fully saturated rings. The van der Waals surface area contributed by atoms with Gasteiger partial charge in [0.1, 0.15) is 18.2 Å². The third-order valence-corrected chi connectivity index (χ3v) is 5.98. The number of nitrogens with one attached hydrogen (secondary N) is 1. The summed E-state index contributed by atoms with van der Waals surface area (Å²) in [5, 5.41) is 1.85. The Morgan fingerprint density at radius 3 is 2.66 bits per heavy atom. The minimum Gasteiger partial charge on any atom is -0.474 e. The van der Waals surface area contributed by atoms with Crippen molar-refractivity contribution in [3.8, 4) is 17.5 Å². The third-order valence-electron chi connectivity index (χ3n) is 5.17. The molecule has 2 saturated heterocycles. The van der Waals surface area contributed by atoms with Crippen molar-refractivity contribution in [1.82, 2.24) is 20.2 Å². The van der Waals surface area contributed by atoms with E-state index in [1.54, 1.807) is 31.2 Å². The zero-order valence-corrected chi connectivity index (χ0v) is 18.5. The Bertz CT molecular complexity index is 1100. The molecule has 0 unspecified atom stereocenters. The van der Waals surface area contributed by atoms with E-state index in [1.807, 2.05) is 17.9 Å². The van der Waals surface area contributed by atoms with Gasteiger partial charge in [-0.05, 0) is 42.5 Å². The summed E-state index contributed by atoms with van der Waals surface area (Å²) in [5.74, 6) is 1.01. The molecule has 2 aromatic rings. The zero-order chi connectivity index (χ0) is 22.7. The quantitative estimate of drug-likeness (QED) is 0.685. The van der Waals surface area contributed by atoms with Gasteiger partial charge < -0.3 is 14.4 Å². The van der Waals surface area contributed by atoms with Crippen molar-refractivity contribution in [3.63, 3.8) is 0 Å². The van der Waals surface area contributed by atoms with E-state index in [0.29, 0.717) is 41.1 Å². The van der Waals surface area contributed by atoms with Crippen LogP contribution in [0, 0.1) is 6.92 Å². The molecular weight excluding hydrogens is 432 g/mol. The fourth-order valence-corrected chi connectivity index (χ4v) is 4.12. The van der Waals surface area contributed by atoms with Crippen LogP contribution in [-0.4, -0.2) is 51.1 Å². The summed E-state index contributed by atoms with van der Waals surface area (Å²) in [6, 6.07) is 7.13. The number of likely N-dealkylation sites (tertiary alicyclic amines) is 1. The number of hydrogen-bond donors (Lipinski definition) is 1. The molecule has 32 heavy (non-hydrogen) atoms. The molecule has 0 radical (unpaired) electrons. The molecule has 0 aliphatic carbocycles. The van der Waals surface area contributed by atoms with Crippen LogP contribution in [0.2, 0.25) is 0 Å². The van der Waals surface area contributed by atoms with Crippen LogP contribution in [0.1, 0.15) is 30.9 Å². The van der Waals surface area contributed by atoms with Gasteiger partial charge in [-0.2, -0.15) is 0 Å². The first-order chi connectivity index (χ1) is 15.4. The average molecular weight is 455 g/mol. The number of aromatic nitrogens is 2. The first-order valence-electron chi connectivity index (χ1n) is 10.2. The molecular formula is C22H22N4O5S. The van der Waals surface area contributed by atoms with E-state index in [-0.39, 0.29) is 17.3 Å². The van der Waals surface area contributed by atoms with Crippen LogP contribution in [0.15, 0.2) is 35.5 Å². The highest BCUT2D eigenvalue weighted by molar-refractivity contribution is 8.18. The van der Waals surface area contributed by atoms with E-state index in [0.717, 1.165) is 30.2 Å². The van der Waals surface area contributed by atoms with Crippen molar-refractivity contribution in [2.75, 3.05) is 13.1 Å². The fraction of sp³-hybridized carbons (Fsp3) is 0.318. The van der Waals surface area contributed by atoms with Crippen LogP contribution in [0.3, 0.4) is 0 Å². The van der Waals surface area contributed by atoms with Crippen LogP contribution in [0.5, 0.6) is 17.5 Å². The average Bonchev–Trinajstić information content (AvgIpc) is 3.08. The lowest BCUT2D eigenvalue weighted by Crippen LogP contribution is -2.40. The van der Waals surface area contributed by atoms with Crippen LogP contribution in [0.4, 0.5) is 4.79 Å². The molecule has 0 atom stereocenters. The van der Waals surface area contributed by atoms with Crippen molar-refractivity contribution in [2.45, 2.75) is 32.8 Å². The minimum atomic E-state index is -0.408. The summed E-state index contributed by atoms with van der Waals surface area (Å²) in [7, 11) is 0. The normalized spacial score (nSPS) is 18.1. The summed E-state index contributed by atoms with van der Waals surface area (Å²) in [4.78, 5) is 45.2. The molecule has 166 valence electrons. The zero-order valence-electron chi connectivity index (χ0n) is 17.7. The topological polar surface area (TPSA) is 111 Å². The van der Waals surface area contributed by atoms with Gasteiger partial charge in [0.15, 0.2) is 0 Å². The molecule has 1 N–H and O–H groups in total. The molecule has 4 rings (SSSR count). The lowest BCUT2D eigenvalue weighted by atomic mass is 10.1. The lowest BCUT2D eigenvalue weighted by molar-refractivity contribution is -0.130. The summed E-state index contributed by atoms with van der Waals surface area (Å²) in [5.41, 5.74) is 1.39. The molecule has 10 heteroatoms. The Balaban J connectivity index is 1.45. The predicted molar refractivity (Wildman–Crippen MR) is 118 cm³/mol. The molecule has 3 amide bonds. The van der Waals surface area contributed by atoms with Gasteiger partial charge in [-0.25, -0.2) is 9.97 Å². The van der Waals surface area contributed by atoms with Crippen LogP contribution in [0.25, 0.3) is 6.08 Å². The van der Waals surface area contributed by atoms with Gasteiger partial charge in [-0.1, -0.05) is 12.1 Å².